The molecular weight excluding hydrogens is 452 g/mol. The maximum atomic E-state index is 13.5. The van der Waals surface area contributed by atoms with E-state index in [2.05, 4.69) is 68.0 Å². The van der Waals surface area contributed by atoms with E-state index in [0.29, 0.717) is 12.6 Å². The van der Waals surface area contributed by atoms with E-state index in [4.69, 9.17) is 4.74 Å². The molecule has 0 spiro atoms. The van der Waals surface area contributed by atoms with E-state index in [-0.39, 0.29) is 5.91 Å². The number of hydrogen-bond acceptors (Lipinski definition) is 2. The lowest BCUT2D eigenvalue weighted by atomic mass is 9.93. The molecule has 1 aromatic heterocycles. The third kappa shape index (κ3) is 5.40. The summed E-state index contributed by atoms with van der Waals surface area (Å²) >= 11 is 3.50. The number of carbonyl (C=O) groups excluding carboxylic acids is 1. The Morgan fingerprint density at radius 1 is 1.03 bits per heavy atom. The number of amides is 1. The summed E-state index contributed by atoms with van der Waals surface area (Å²) in [4.78, 5) is 15.6. The minimum absolute atomic E-state index is 0.103. The summed E-state index contributed by atoms with van der Waals surface area (Å²) in [5.74, 6) is 0.870. The first-order valence-corrected chi connectivity index (χ1v) is 11.8. The highest BCUT2D eigenvalue weighted by molar-refractivity contribution is 9.10. The van der Waals surface area contributed by atoms with Crippen LogP contribution >= 0.6 is 15.9 Å². The topological polar surface area (TPSA) is 34.5 Å². The Balaban J connectivity index is 1.57. The van der Waals surface area contributed by atoms with Gasteiger partial charge in [0.25, 0.3) is 5.91 Å². The van der Waals surface area contributed by atoms with E-state index < -0.39 is 0 Å². The van der Waals surface area contributed by atoms with Gasteiger partial charge in [-0.2, -0.15) is 0 Å². The number of aromatic nitrogens is 1. The normalized spacial score (nSPS) is 14.4. The van der Waals surface area contributed by atoms with Crippen LogP contribution in [0.25, 0.3) is 0 Å². The van der Waals surface area contributed by atoms with Crippen molar-refractivity contribution in [1.29, 1.82) is 0 Å². The SMILES string of the molecule is COc1ccc(C(=O)N(Cc2cccn2Cc2ccc(Br)cc2)C2CCCCC2)cc1. The number of halogens is 1. The van der Waals surface area contributed by atoms with E-state index in [0.717, 1.165) is 40.9 Å². The fourth-order valence-electron chi connectivity index (χ4n) is 4.37. The van der Waals surface area contributed by atoms with Gasteiger partial charge in [-0.3, -0.25) is 4.79 Å². The summed E-state index contributed by atoms with van der Waals surface area (Å²) in [6.45, 7) is 1.42. The number of rotatable bonds is 7. The van der Waals surface area contributed by atoms with Gasteiger partial charge in [-0.05, 0) is 66.9 Å². The second kappa shape index (κ2) is 10.2. The Hall–Kier alpha value is -2.53. The summed E-state index contributed by atoms with van der Waals surface area (Å²) in [6, 6.07) is 20.4. The molecule has 0 radical (unpaired) electrons. The molecule has 1 saturated carbocycles. The molecule has 3 aromatic rings. The van der Waals surface area contributed by atoms with Crippen molar-refractivity contribution in [2.75, 3.05) is 7.11 Å². The van der Waals surface area contributed by atoms with Crippen LogP contribution in [0.5, 0.6) is 5.75 Å². The minimum Gasteiger partial charge on any atom is -0.497 e. The highest BCUT2D eigenvalue weighted by atomic mass is 79.9. The predicted molar refractivity (Wildman–Crippen MR) is 127 cm³/mol. The number of nitrogens with zero attached hydrogens (tertiary/aromatic N) is 2. The fraction of sp³-hybridized carbons (Fsp3) is 0.346. The monoisotopic (exact) mass is 480 g/mol. The fourth-order valence-corrected chi connectivity index (χ4v) is 4.63. The molecule has 4 nitrogen and oxygen atoms in total. The zero-order chi connectivity index (χ0) is 21.6. The zero-order valence-electron chi connectivity index (χ0n) is 18.0. The van der Waals surface area contributed by atoms with E-state index in [1.54, 1.807) is 7.11 Å². The quantitative estimate of drug-likeness (QED) is 0.398. The number of benzene rings is 2. The lowest BCUT2D eigenvalue weighted by Gasteiger charge is -2.35. The van der Waals surface area contributed by atoms with Crippen LogP contribution in [0.4, 0.5) is 0 Å². The van der Waals surface area contributed by atoms with Crippen molar-refractivity contribution >= 4 is 21.8 Å². The van der Waals surface area contributed by atoms with Crippen LogP contribution in [0.1, 0.15) is 53.7 Å². The summed E-state index contributed by atoms with van der Waals surface area (Å²) in [7, 11) is 1.64. The highest BCUT2D eigenvalue weighted by Gasteiger charge is 2.27. The molecule has 1 heterocycles. The number of hydrogen-bond donors (Lipinski definition) is 0. The molecule has 162 valence electrons. The summed E-state index contributed by atoms with van der Waals surface area (Å²) in [6.07, 6.45) is 7.91. The molecule has 0 N–H and O–H groups in total. The first-order valence-electron chi connectivity index (χ1n) is 11.0. The maximum Gasteiger partial charge on any atom is 0.254 e. The molecule has 0 bridgehead atoms. The Morgan fingerprint density at radius 3 is 2.42 bits per heavy atom. The lowest BCUT2D eigenvalue weighted by molar-refractivity contribution is 0.0608. The highest BCUT2D eigenvalue weighted by Crippen LogP contribution is 2.27. The average Bonchev–Trinajstić information content (AvgIpc) is 3.25. The molecule has 1 fully saturated rings. The van der Waals surface area contributed by atoms with E-state index in [9.17, 15) is 4.79 Å². The van der Waals surface area contributed by atoms with Crippen molar-refractivity contribution in [3.8, 4) is 5.75 Å². The van der Waals surface area contributed by atoms with Crippen molar-refractivity contribution < 1.29 is 9.53 Å². The molecule has 31 heavy (non-hydrogen) atoms. The first-order chi connectivity index (χ1) is 15.1. The number of ether oxygens (including phenoxy) is 1. The van der Waals surface area contributed by atoms with Crippen LogP contribution in [0, 0.1) is 0 Å². The van der Waals surface area contributed by atoms with Crippen molar-refractivity contribution in [2.45, 2.75) is 51.2 Å². The average molecular weight is 481 g/mol. The third-order valence-electron chi connectivity index (χ3n) is 6.14. The van der Waals surface area contributed by atoms with E-state index in [1.165, 1.54) is 24.8 Å². The molecule has 1 amide bonds. The van der Waals surface area contributed by atoms with Gasteiger partial charge in [-0.1, -0.05) is 47.3 Å². The summed E-state index contributed by atoms with van der Waals surface area (Å²) in [5.41, 5.74) is 3.12. The predicted octanol–water partition coefficient (Wildman–Crippen LogP) is 6.28. The number of methoxy groups -OCH3 is 1. The molecular formula is C26H29BrN2O2. The van der Waals surface area contributed by atoms with Gasteiger partial charge in [0.2, 0.25) is 0 Å². The molecule has 1 aliphatic carbocycles. The Labute approximate surface area is 193 Å². The molecule has 0 atom stereocenters. The third-order valence-corrected chi connectivity index (χ3v) is 6.66. The zero-order valence-corrected chi connectivity index (χ0v) is 19.6. The van der Waals surface area contributed by atoms with Crippen LogP contribution in [0.15, 0.2) is 71.3 Å². The van der Waals surface area contributed by atoms with Crippen LogP contribution < -0.4 is 4.74 Å². The van der Waals surface area contributed by atoms with Crippen LogP contribution in [0.2, 0.25) is 0 Å². The molecule has 0 aliphatic heterocycles. The standard InChI is InChI=1S/C26H29BrN2O2/c1-31-25-15-11-21(12-16-25)26(30)29(23-6-3-2-4-7-23)19-24-8-5-17-28(24)18-20-9-13-22(27)14-10-20/h5,8-17,23H,2-4,6-7,18-19H2,1H3. The number of carbonyl (C=O) groups is 1. The van der Waals surface area contributed by atoms with Gasteiger partial charge in [0, 0.05) is 34.5 Å². The summed E-state index contributed by atoms with van der Waals surface area (Å²) < 4.78 is 8.59. The Kier molecular flexibility index (Phi) is 7.13. The lowest BCUT2D eigenvalue weighted by Crippen LogP contribution is -2.41. The van der Waals surface area contributed by atoms with Gasteiger partial charge in [0.15, 0.2) is 0 Å². The van der Waals surface area contributed by atoms with Crippen LogP contribution in [-0.2, 0) is 13.1 Å². The smallest absolute Gasteiger partial charge is 0.254 e. The molecule has 1 aliphatic rings. The van der Waals surface area contributed by atoms with Crippen molar-refractivity contribution in [3.63, 3.8) is 0 Å². The van der Waals surface area contributed by atoms with Gasteiger partial charge in [0.1, 0.15) is 5.75 Å². The van der Waals surface area contributed by atoms with Crippen LogP contribution in [0.3, 0.4) is 0 Å². The minimum atomic E-state index is 0.103. The Morgan fingerprint density at radius 2 is 1.74 bits per heavy atom. The molecule has 4 rings (SSSR count). The molecule has 0 unspecified atom stereocenters. The second-order valence-corrected chi connectivity index (χ2v) is 9.12. The van der Waals surface area contributed by atoms with Crippen molar-refractivity contribution in [3.05, 3.63) is 88.2 Å². The van der Waals surface area contributed by atoms with E-state index in [1.807, 2.05) is 24.3 Å². The second-order valence-electron chi connectivity index (χ2n) is 8.21. The Bertz CT molecular complexity index is 989. The van der Waals surface area contributed by atoms with Gasteiger partial charge >= 0.3 is 0 Å². The first kappa shape index (κ1) is 21.7. The van der Waals surface area contributed by atoms with Gasteiger partial charge < -0.3 is 14.2 Å². The molecule has 5 heteroatoms. The van der Waals surface area contributed by atoms with Crippen LogP contribution in [-0.4, -0.2) is 28.5 Å². The van der Waals surface area contributed by atoms with Gasteiger partial charge in [-0.25, -0.2) is 0 Å². The molecule has 0 saturated heterocycles. The maximum absolute atomic E-state index is 13.5. The largest absolute Gasteiger partial charge is 0.497 e. The van der Waals surface area contributed by atoms with Gasteiger partial charge in [0.05, 0.1) is 13.7 Å². The van der Waals surface area contributed by atoms with Crippen molar-refractivity contribution in [2.24, 2.45) is 0 Å². The summed E-state index contributed by atoms with van der Waals surface area (Å²) in [5, 5.41) is 0. The van der Waals surface area contributed by atoms with Crippen molar-refractivity contribution in [1.82, 2.24) is 9.47 Å². The van der Waals surface area contributed by atoms with Gasteiger partial charge in [-0.15, -0.1) is 0 Å². The molecule has 2 aromatic carbocycles. The van der Waals surface area contributed by atoms with E-state index >= 15 is 0 Å².